The van der Waals surface area contributed by atoms with Gasteiger partial charge in [-0.25, -0.2) is 19.4 Å². The molecule has 0 unspecified atom stereocenters. The number of ether oxygens (including phenoxy) is 9. The Morgan fingerprint density at radius 1 is 0.368 bits per heavy atom. The first-order valence-electron chi connectivity index (χ1n) is 23.9. The van der Waals surface area contributed by atoms with Crippen LogP contribution in [-0.2, 0) is 0 Å². The molecule has 0 atom stereocenters. The monoisotopic (exact) mass is 1040 g/mol. The van der Waals surface area contributed by atoms with Gasteiger partial charge in [0.1, 0.15) is 23.1 Å². The van der Waals surface area contributed by atoms with Crippen LogP contribution in [0.25, 0.3) is 0 Å². The molecule has 18 nitrogen and oxygen atoms in total. The molecule has 6 aromatic rings. The lowest BCUT2D eigenvalue weighted by Crippen LogP contribution is -2.23. The fourth-order valence-corrected chi connectivity index (χ4v) is 8.19. The molecule has 9 rings (SSSR count). The average molecular weight is 1040 g/mol. The highest BCUT2D eigenvalue weighted by molar-refractivity contribution is 6.06. The van der Waals surface area contributed by atoms with Gasteiger partial charge in [0.15, 0.2) is 34.5 Å². The fourth-order valence-electron chi connectivity index (χ4n) is 8.19. The largest absolute Gasteiger partial charge is 0.497 e. The summed E-state index contributed by atoms with van der Waals surface area (Å²) >= 11 is 0. The van der Waals surface area contributed by atoms with Gasteiger partial charge in [0.2, 0.25) is 0 Å². The van der Waals surface area contributed by atoms with Crippen molar-refractivity contribution in [3.63, 3.8) is 0 Å². The van der Waals surface area contributed by atoms with Crippen molar-refractivity contribution in [1.82, 2.24) is 15.0 Å². The molecule has 0 N–H and O–H groups in total. The van der Waals surface area contributed by atoms with Crippen LogP contribution in [0.15, 0.2) is 137 Å². The number of hydrazone groups is 3. The molecule has 0 aromatic heterocycles. The van der Waals surface area contributed by atoms with E-state index in [-0.39, 0.29) is 23.5 Å². The van der Waals surface area contributed by atoms with Crippen LogP contribution in [0.5, 0.6) is 51.7 Å². The van der Waals surface area contributed by atoms with Crippen molar-refractivity contribution in [2.75, 3.05) is 83.6 Å². The SMILES string of the molecule is COc1cc(OC)cc(C(=O)N2CCC(c3ccc(OC)c(OC)c3)=N2)c1.COc1ccc(C2=NN(C(=O)c3ccc(F)cc3)CC2)cc1OC.COc1cccc(C(=O)N2CCC(c3ccc(OC)c(OC)c3)=N2)c1. The molecule has 3 heterocycles. The smallest absolute Gasteiger partial charge is 0.274 e. The van der Waals surface area contributed by atoms with E-state index < -0.39 is 0 Å². The molecule has 6 aromatic carbocycles. The van der Waals surface area contributed by atoms with Gasteiger partial charge in [-0.1, -0.05) is 6.07 Å². The van der Waals surface area contributed by atoms with Crippen molar-refractivity contribution in [2.45, 2.75) is 19.3 Å². The van der Waals surface area contributed by atoms with Gasteiger partial charge in [0, 0.05) is 58.7 Å². The minimum absolute atomic E-state index is 0.144. The van der Waals surface area contributed by atoms with Gasteiger partial charge in [-0.05, 0) is 109 Å². The molecule has 19 heteroatoms. The van der Waals surface area contributed by atoms with Crippen LogP contribution >= 0.6 is 0 Å². The third-order valence-corrected chi connectivity index (χ3v) is 12.3. The van der Waals surface area contributed by atoms with Crippen LogP contribution < -0.4 is 42.6 Å². The van der Waals surface area contributed by atoms with Crippen LogP contribution in [-0.4, -0.2) is 134 Å². The summed E-state index contributed by atoms with van der Waals surface area (Å²) in [7, 11) is 14.2. The molecule has 0 saturated carbocycles. The zero-order valence-corrected chi connectivity index (χ0v) is 43.7. The van der Waals surface area contributed by atoms with Gasteiger partial charge in [-0.2, -0.15) is 15.3 Å². The first-order valence-corrected chi connectivity index (χ1v) is 23.9. The fraction of sp³-hybridized carbons (Fsp3) is 0.263. The molecular formula is C57H59FN6O12. The molecule has 0 fully saturated rings. The van der Waals surface area contributed by atoms with Crippen molar-refractivity contribution in [3.8, 4) is 51.7 Å². The summed E-state index contributed by atoms with van der Waals surface area (Å²) < 4.78 is 60.3. The second-order valence-electron chi connectivity index (χ2n) is 16.7. The minimum Gasteiger partial charge on any atom is -0.497 e. The number of halogens is 1. The lowest BCUT2D eigenvalue weighted by molar-refractivity contribution is 0.0770. The summed E-state index contributed by atoms with van der Waals surface area (Å²) in [4.78, 5) is 37.9. The Balaban J connectivity index is 0.000000166. The molecule has 76 heavy (non-hydrogen) atoms. The Kier molecular flexibility index (Phi) is 18.5. The van der Waals surface area contributed by atoms with Crippen LogP contribution in [0, 0.1) is 5.82 Å². The molecule has 0 radical (unpaired) electrons. The van der Waals surface area contributed by atoms with E-state index in [1.54, 1.807) is 113 Å². The number of hydrogen-bond donors (Lipinski definition) is 0. The lowest BCUT2D eigenvalue weighted by Gasteiger charge is -2.13. The Bertz CT molecular complexity index is 3120. The van der Waals surface area contributed by atoms with Gasteiger partial charge in [0.05, 0.1) is 101 Å². The standard InChI is InChI=1S/C20H22N2O5.C19H20N2O4.C18H17FN2O3/c1-24-15-9-14(10-16(12-15)25-2)20(23)22-8-7-17(21-22)13-5-6-18(26-3)19(11-13)27-4;1-23-15-6-4-5-14(11-15)19(22)21-10-9-16(20-21)13-7-8-17(24-2)18(12-13)25-3;1-23-16-8-5-13(11-17(16)24-2)15-9-10-21(20-15)18(22)12-3-6-14(19)7-4-12/h5-6,9-12H,7-8H2,1-4H3;4-8,11-12H,9-10H2,1-3H3;3-8,11H,9-10H2,1-2H3. The van der Waals surface area contributed by atoms with Crippen molar-refractivity contribution in [3.05, 3.63) is 161 Å². The summed E-state index contributed by atoms with van der Waals surface area (Å²) in [5.74, 6) is 4.62. The maximum atomic E-state index is 13.0. The highest BCUT2D eigenvalue weighted by Crippen LogP contribution is 2.33. The molecule has 3 amide bonds. The Labute approximate surface area is 440 Å². The average Bonchev–Trinajstić information content (AvgIpc) is 4.31. The number of methoxy groups -OCH3 is 9. The molecule has 3 aliphatic rings. The molecular weight excluding hydrogens is 980 g/mol. The highest BCUT2D eigenvalue weighted by atomic mass is 19.1. The third-order valence-electron chi connectivity index (χ3n) is 12.3. The summed E-state index contributed by atoms with van der Waals surface area (Å²) in [6.45, 7) is 1.53. The predicted molar refractivity (Wildman–Crippen MR) is 284 cm³/mol. The number of benzene rings is 6. The molecule has 3 aliphatic heterocycles. The molecule has 396 valence electrons. The van der Waals surface area contributed by atoms with Crippen LogP contribution in [0.3, 0.4) is 0 Å². The van der Waals surface area contributed by atoms with E-state index in [0.29, 0.717) is 107 Å². The normalized spacial score (nSPS) is 13.4. The van der Waals surface area contributed by atoms with E-state index in [1.807, 2.05) is 48.5 Å². The van der Waals surface area contributed by atoms with E-state index in [4.69, 9.17) is 42.6 Å². The Morgan fingerprint density at radius 3 is 1.09 bits per heavy atom. The number of amides is 3. The van der Waals surface area contributed by atoms with Crippen molar-refractivity contribution >= 4 is 34.9 Å². The predicted octanol–water partition coefficient (Wildman–Crippen LogP) is 9.03. The van der Waals surface area contributed by atoms with Gasteiger partial charge in [0.25, 0.3) is 17.7 Å². The van der Waals surface area contributed by atoms with E-state index in [1.165, 1.54) is 39.3 Å². The van der Waals surface area contributed by atoms with Crippen LogP contribution in [0.1, 0.15) is 67.0 Å². The number of nitrogens with zero attached hydrogens (tertiary/aromatic N) is 6. The van der Waals surface area contributed by atoms with Crippen LogP contribution in [0.2, 0.25) is 0 Å². The summed E-state index contributed by atoms with van der Waals surface area (Å²) in [5.41, 5.74) is 6.57. The van der Waals surface area contributed by atoms with Crippen LogP contribution in [0.4, 0.5) is 4.39 Å². The Morgan fingerprint density at radius 2 is 0.724 bits per heavy atom. The van der Waals surface area contributed by atoms with Gasteiger partial charge < -0.3 is 42.6 Å². The quantitative estimate of drug-likeness (QED) is 0.0954. The van der Waals surface area contributed by atoms with Gasteiger partial charge >= 0.3 is 0 Å². The number of rotatable bonds is 15. The second-order valence-corrected chi connectivity index (χ2v) is 16.7. The third kappa shape index (κ3) is 13.0. The van der Waals surface area contributed by atoms with Crippen molar-refractivity contribution in [2.24, 2.45) is 15.3 Å². The van der Waals surface area contributed by atoms with Gasteiger partial charge in [-0.15, -0.1) is 0 Å². The molecule has 0 saturated heterocycles. The minimum atomic E-state index is -0.373. The molecule has 0 bridgehead atoms. The molecule has 0 spiro atoms. The van der Waals surface area contributed by atoms with Crippen molar-refractivity contribution < 1.29 is 61.4 Å². The topological polar surface area (TPSA) is 181 Å². The zero-order chi connectivity index (χ0) is 54.3. The number of carbonyl (C=O) groups excluding carboxylic acids is 3. The Hall–Kier alpha value is -9.13. The number of hydrogen-bond acceptors (Lipinski definition) is 15. The maximum Gasteiger partial charge on any atom is 0.274 e. The number of carbonyl (C=O) groups is 3. The first kappa shape index (κ1) is 54.6. The summed E-state index contributed by atoms with van der Waals surface area (Å²) in [5, 5.41) is 17.7. The first-order chi connectivity index (χ1) is 36.9. The lowest BCUT2D eigenvalue weighted by atomic mass is 10.1. The van der Waals surface area contributed by atoms with E-state index in [2.05, 4.69) is 15.3 Å². The second kappa shape index (κ2) is 25.7. The summed E-state index contributed by atoms with van der Waals surface area (Å²) in [6, 6.07) is 34.3. The van der Waals surface area contributed by atoms with E-state index in [0.717, 1.165) is 33.8 Å². The van der Waals surface area contributed by atoms with Crippen molar-refractivity contribution in [1.29, 1.82) is 0 Å². The maximum absolute atomic E-state index is 13.0. The van der Waals surface area contributed by atoms with E-state index >= 15 is 0 Å². The molecule has 0 aliphatic carbocycles. The van der Waals surface area contributed by atoms with Gasteiger partial charge in [-0.3, -0.25) is 14.4 Å². The summed E-state index contributed by atoms with van der Waals surface area (Å²) in [6.07, 6.45) is 1.98. The van der Waals surface area contributed by atoms with E-state index in [9.17, 15) is 18.8 Å². The highest BCUT2D eigenvalue weighted by Gasteiger charge is 2.27. The zero-order valence-electron chi connectivity index (χ0n) is 43.7.